The van der Waals surface area contributed by atoms with Gasteiger partial charge in [0.1, 0.15) is 11.5 Å². The molecule has 1 aliphatic heterocycles. The maximum absolute atomic E-state index is 6.54. The molecule has 8 aromatic rings. The van der Waals surface area contributed by atoms with Crippen LogP contribution < -0.4 is 4.74 Å². The molecule has 1 spiro atoms. The summed E-state index contributed by atoms with van der Waals surface area (Å²) in [5, 5.41) is 0. The fraction of sp³-hybridized carbons (Fsp3) is 0.0213. The summed E-state index contributed by atoms with van der Waals surface area (Å²) in [4.78, 5) is 10.1. The fourth-order valence-corrected chi connectivity index (χ4v) is 7.96. The van der Waals surface area contributed by atoms with Gasteiger partial charge in [-0.2, -0.15) is 0 Å². The average molecular weight is 639 g/mol. The minimum absolute atomic E-state index is 0.507. The second kappa shape index (κ2) is 11.3. The lowest BCUT2D eigenvalue weighted by molar-refractivity contribution is 0.436. The van der Waals surface area contributed by atoms with Gasteiger partial charge in [-0.05, 0) is 63.7 Å². The first kappa shape index (κ1) is 28.4. The maximum atomic E-state index is 6.54. The Labute approximate surface area is 291 Å². The number of ether oxygens (including phenoxy) is 1. The monoisotopic (exact) mass is 638 g/mol. The van der Waals surface area contributed by atoms with Crippen LogP contribution >= 0.6 is 0 Å². The predicted octanol–water partition coefficient (Wildman–Crippen LogP) is 11.6. The van der Waals surface area contributed by atoms with Crippen molar-refractivity contribution in [2.75, 3.05) is 0 Å². The smallest absolute Gasteiger partial charge is 0.160 e. The third-order valence-corrected chi connectivity index (χ3v) is 10.2. The third kappa shape index (κ3) is 4.30. The van der Waals surface area contributed by atoms with Crippen molar-refractivity contribution in [2.24, 2.45) is 0 Å². The summed E-state index contributed by atoms with van der Waals surface area (Å²) in [7, 11) is 0. The first-order valence-electron chi connectivity index (χ1n) is 17.0. The highest BCUT2D eigenvalue weighted by molar-refractivity contribution is 5.90. The fourth-order valence-electron chi connectivity index (χ4n) is 7.96. The van der Waals surface area contributed by atoms with Gasteiger partial charge in [0.2, 0.25) is 0 Å². The van der Waals surface area contributed by atoms with Gasteiger partial charge in [0.25, 0.3) is 0 Å². The second-order valence-electron chi connectivity index (χ2n) is 12.9. The Morgan fingerprint density at radius 3 is 1.58 bits per heavy atom. The molecule has 0 atom stereocenters. The van der Waals surface area contributed by atoms with Crippen LogP contribution in [-0.4, -0.2) is 9.97 Å². The lowest BCUT2D eigenvalue weighted by Gasteiger charge is -2.39. The average Bonchev–Trinajstić information content (AvgIpc) is 3.48. The van der Waals surface area contributed by atoms with Gasteiger partial charge < -0.3 is 4.74 Å². The van der Waals surface area contributed by atoms with Crippen molar-refractivity contribution in [3.05, 3.63) is 204 Å². The SMILES string of the molecule is c1ccc(-c2cc(-c3cccc(-c4ccc5c(c4)C4(c6ccccc6Oc6ccccc64)c4ccccc4-5)c3)nc(-c3ccccc3)n2)cc1. The van der Waals surface area contributed by atoms with E-state index < -0.39 is 5.41 Å². The molecule has 0 amide bonds. The van der Waals surface area contributed by atoms with Gasteiger partial charge in [0, 0.05) is 27.8 Å². The van der Waals surface area contributed by atoms with E-state index in [1.165, 1.54) is 33.4 Å². The number of nitrogens with zero attached hydrogens (tertiary/aromatic N) is 2. The van der Waals surface area contributed by atoms with E-state index >= 15 is 0 Å². The van der Waals surface area contributed by atoms with Gasteiger partial charge in [0.05, 0.1) is 16.8 Å². The van der Waals surface area contributed by atoms with Crippen LogP contribution in [0, 0.1) is 0 Å². The zero-order valence-corrected chi connectivity index (χ0v) is 27.1. The first-order chi connectivity index (χ1) is 24.8. The van der Waals surface area contributed by atoms with Crippen LogP contribution in [0.2, 0.25) is 0 Å². The molecule has 7 aromatic carbocycles. The third-order valence-electron chi connectivity index (χ3n) is 10.2. The normalized spacial score (nSPS) is 13.1. The van der Waals surface area contributed by atoms with E-state index in [0.717, 1.165) is 50.7 Å². The van der Waals surface area contributed by atoms with Gasteiger partial charge in [-0.1, -0.05) is 152 Å². The van der Waals surface area contributed by atoms with Crippen LogP contribution in [0.15, 0.2) is 182 Å². The van der Waals surface area contributed by atoms with E-state index in [1.807, 2.05) is 36.4 Å². The number of benzene rings is 7. The van der Waals surface area contributed by atoms with E-state index in [9.17, 15) is 0 Å². The first-order valence-corrected chi connectivity index (χ1v) is 17.0. The Morgan fingerprint density at radius 2 is 0.860 bits per heavy atom. The largest absolute Gasteiger partial charge is 0.457 e. The summed E-state index contributed by atoms with van der Waals surface area (Å²) < 4.78 is 6.54. The molecule has 2 heterocycles. The van der Waals surface area contributed by atoms with Crippen LogP contribution in [0.3, 0.4) is 0 Å². The van der Waals surface area contributed by atoms with E-state index in [0.29, 0.717) is 5.82 Å². The summed E-state index contributed by atoms with van der Waals surface area (Å²) in [5.74, 6) is 2.50. The molecule has 3 heteroatoms. The number of hydrogen-bond acceptors (Lipinski definition) is 3. The summed E-state index contributed by atoms with van der Waals surface area (Å²) >= 11 is 0. The molecule has 0 saturated heterocycles. The Balaban J connectivity index is 1.16. The Bertz CT molecular complexity index is 2470. The molecular weight excluding hydrogens is 609 g/mol. The Hall–Kier alpha value is -6.58. The van der Waals surface area contributed by atoms with Crippen molar-refractivity contribution < 1.29 is 4.74 Å². The molecule has 0 saturated carbocycles. The van der Waals surface area contributed by atoms with E-state index in [-0.39, 0.29) is 0 Å². The number of fused-ring (bicyclic) bond motifs is 9. The Morgan fingerprint density at radius 1 is 0.340 bits per heavy atom. The highest BCUT2D eigenvalue weighted by Gasteiger charge is 2.51. The van der Waals surface area contributed by atoms with Gasteiger partial charge in [-0.15, -0.1) is 0 Å². The van der Waals surface area contributed by atoms with Gasteiger partial charge in [0.15, 0.2) is 5.82 Å². The molecule has 1 aromatic heterocycles. The zero-order valence-electron chi connectivity index (χ0n) is 27.1. The van der Waals surface area contributed by atoms with Crippen LogP contribution in [0.1, 0.15) is 22.3 Å². The van der Waals surface area contributed by atoms with Gasteiger partial charge in [-0.3, -0.25) is 0 Å². The molecule has 3 nitrogen and oxygen atoms in total. The van der Waals surface area contributed by atoms with E-state index in [4.69, 9.17) is 14.7 Å². The molecular formula is C47H30N2O. The number of rotatable bonds is 4. The molecule has 234 valence electrons. The lowest BCUT2D eigenvalue weighted by Crippen LogP contribution is -2.32. The van der Waals surface area contributed by atoms with E-state index in [1.54, 1.807) is 0 Å². The maximum Gasteiger partial charge on any atom is 0.160 e. The number of hydrogen-bond donors (Lipinski definition) is 0. The minimum atomic E-state index is -0.507. The highest BCUT2D eigenvalue weighted by Crippen LogP contribution is 2.62. The van der Waals surface area contributed by atoms with Gasteiger partial charge >= 0.3 is 0 Å². The summed E-state index contributed by atoms with van der Waals surface area (Å²) in [5.41, 5.74) is 14.0. The van der Waals surface area contributed by atoms with Crippen LogP contribution in [0.4, 0.5) is 0 Å². The molecule has 0 radical (unpaired) electrons. The molecule has 2 aliphatic rings. The summed E-state index contributed by atoms with van der Waals surface area (Å²) in [6, 6.07) is 64.2. The Kier molecular flexibility index (Phi) is 6.40. The molecule has 50 heavy (non-hydrogen) atoms. The van der Waals surface area contributed by atoms with Crippen LogP contribution in [0.25, 0.3) is 56.2 Å². The second-order valence-corrected chi connectivity index (χ2v) is 12.9. The molecule has 0 bridgehead atoms. The predicted molar refractivity (Wildman–Crippen MR) is 201 cm³/mol. The van der Waals surface area contributed by atoms with Crippen molar-refractivity contribution in [3.63, 3.8) is 0 Å². The summed E-state index contributed by atoms with van der Waals surface area (Å²) in [6.45, 7) is 0. The van der Waals surface area contributed by atoms with Crippen molar-refractivity contribution >= 4 is 0 Å². The lowest BCUT2D eigenvalue weighted by atomic mass is 9.66. The van der Waals surface area contributed by atoms with E-state index in [2.05, 4.69) is 146 Å². The molecule has 1 aliphatic carbocycles. The van der Waals surface area contributed by atoms with Crippen molar-refractivity contribution in [1.29, 1.82) is 0 Å². The topological polar surface area (TPSA) is 35.0 Å². The molecule has 10 rings (SSSR count). The highest BCUT2D eigenvalue weighted by atomic mass is 16.5. The summed E-state index contributed by atoms with van der Waals surface area (Å²) in [6.07, 6.45) is 0. The number of aromatic nitrogens is 2. The number of para-hydroxylation sites is 2. The van der Waals surface area contributed by atoms with Crippen LogP contribution in [0.5, 0.6) is 11.5 Å². The van der Waals surface area contributed by atoms with Crippen LogP contribution in [-0.2, 0) is 5.41 Å². The quantitative estimate of drug-likeness (QED) is 0.192. The van der Waals surface area contributed by atoms with Crippen molar-refractivity contribution in [3.8, 4) is 67.7 Å². The zero-order chi connectivity index (χ0) is 33.1. The molecule has 0 N–H and O–H groups in total. The minimum Gasteiger partial charge on any atom is -0.457 e. The standard InChI is InChI=1S/C47H30N2O/c1-3-14-31(15-4-1)42-30-43(49-46(48-42)32-16-5-2-6-17-32)35-19-13-18-33(28-35)34-26-27-37-36-20-7-8-21-38(36)47(41(37)29-34)39-22-9-11-24-44(39)50-45-25-12-10-23-40(45)47/h1-30H. The van der Waals surface area contributed by atoms with Gasteiger partial charge in [-0.25, -0.2) is 9.97 Å². The molecule has 0 fully saturated rings. The van der Waals surface area contributed by atoms with Crippen molar-refractivity contribution in [1.82, 2.24) is 9.97 Å². The molecule has 0 unspecified atom stereocenters. The van der Waals surface area contributed by atoms with Crippen molar-refractivity contribution in [2.45, 2.75) is 5.41 Å².